The molecule has 1 rings (SSSR count). The fourth-order valence-electron chi connectivity index (χ4n) is 1.20. The minimum absolute atomic E-state index is 0.0388. The molecule has 0 unspecified atom stereocenters. The number of carbonyl (C=O) groups is 1. The zero-order valence-electron chi connectivity index (χ0n) is 9.37. The lowest BCUT2D eigenvalue weighted by Gasteiger charge is -2.07. The number of nitrogens with zero attached hydrogens (tertiary/aromatic N) is 2. The van der Waals surface area contributed by atoms with Gasteiger partial charge in [0, 0.05) is 13.0 Å². The van der Waals surface area contributed by atoms with Gasteiger partial charge >= 0.3 is 12.1 Å². The van der Waals surface area contributed by atoms with Gasteiger partial charge in [0.15, 0.2) is 5.69 Å². The van der Waals surface area contributed by atoms with Crippen molar-refractivity contribution in [3.05, 3.63) is 18.1 Å². The summed E-state index contributed by atoms with van der Waals surface area (Å²) in [5, 5.41) is 11.3. The number of alkyl halides is 3. The van der Waals surface area contributed by atoms with Crippen LogP contribution in [0.3, 0.4) is 0 Å². The number of carboxylic acids is 1. The van der Waals surface area contributed by atoms with E-state index in [-0.39, 0.29) is 12.1 Å². The molecule has 8 heteroatoms. The number of unbranched alkanes of at least 4 members (excludes halogenated alkanes) is 1. The van der Waals surface area contributed by atoms with Crippen LogP contribution in [-0.2, 0) is 0 Å². The van der Waals surface area contributed by atoms with Crippen molar-refractivity contribution in [1.82, 2.24) is 9.97 Å². The predicted octanol–water partition coefficient (Wildman–Crippen LogP) is 2.32. The fourth-order valence-corrected chi connectivity index (χ4v) is 1.20. The molecule has 1 aromatic rings. The van der Waals surface area contributed by atoms with Crippen LogP contribution in [0.25, 0.3) is 0 Å². The van der Waals surface area contributed by atoms with Crippen LogP contribution in [0.4, 0.5) is 19.0 Å². The molecule has 0 spiro atoms. The highest BCUT2D eigenvalue weighted by molar-refractivity contribution is 5.84. The van der Waals surface area contributed by atoms with E-state index in [0.29, 0.717) is 18.8 Å². The normalized spacial score (nSPS) is 11.3. The van der Waals surface area contributed by atoms with Gasteiger partial charge in [-0.05, 0) is 12.8 Å². The van der Waals surface area contributed by atoms with Crippen molar-refractivity contribution < 1.29 is 23.1 Å². The third-order valence-corrected chi connectivity index (χ3v) is 2.06. The standard InChI is InChI=1S/C10H12F3N3O2/c11-10(12,13)3-1-2-4-14-8-6-15-7(5-16-8)9(17)18/h5-6H,1-4H2,(H,14,16)(H,17,18). The molecule has 0 aliphatic carbocycles. The van der Waals surface area contributed by atoms with Gasteiger partial charge in [-0.25, -0.2) is 14.8 Å². The Bertz CT molecular complexity index is 392. The molecular weight excluding hydrogens is 251 g/mol. The summed E-state index contributed by atoms with van der Waals surface area (Å²) in [6.45, 7) is 0.331. The van der Waals surface area contributed by atoms with E-state index in [1.54, 1.807) is 0 Å². The SMILES string of the molecule is O=C(O)c1cnc(NCCCCC(F)(F)F)cn1. The van der Waals surface area contributed by atoms with E-state index in [4.69, 9.17) is 5.11 Å². The minimum atomic E-state index is -4.12. The van der Waals surface area contributed by atoms with Gasteiger partial charge in [0.1, 0.15) is 5.82 Å². The number of nitrogens with one attached hydrogen (secondary N) is 1. The van der Waals surface area contributed by atoms with Crippen LogP contribution in [0.1, 0.15) is 29.8 Å². The molecule has 5 nitrogen and oxygen atoms in total. The van der Waals surface area contributed by atoms with E-state index in [1.165, 1.54) is 6.20 Å². The first-order valence-corrected chi connectivity index (χ1v) is 5.24. The molecule has 0 atom stereocenters. The molecule has 0 saturated heterocycles. The molecule has 0 aliphatic rings. The van der Waals surface area contributed by atoms with Gasteiger partial charge in [0.05, 0.1) is 12.4 Å². The Morgan fingerprint density at radius 3 is 2.50 bits per heavy atom. The summed E-state index contributed by atoms with van der Waals surface area (Å²) < 4.78 is 35.5. The number of aromatic nitrogens is 2. The summed E-state index contributed by atoms with van der Waals surface area (Å²) in [4.78, 5) is 17.9. The zero-order valence-corrected chi connectivity index (χ0v) is 9.37. The van der Waals surface area contributed by atoms with E-state index < -0.39 is 18.6 Å². The smallest absolute Gasteiger partial charge is 0.389 e. The molecular formula is C10H12F3N3O2. The van der Waals surface area contributed by atoms with Crippen LogP contribution in [0.5, 0.6) is 0 Å². The average molecular weight is 263 g/mol. The number of hydrogen-bond donors (Lipinski definition) is 2. The minimum Gasteiger partial charge on any atom is -0.476 e. The third-order valence-electron chi connectivity index (χ3n) is 2.06. The molecule has 0 saturated carbocycles. The number of rotatable bonds is 6. The van der Waals surface area contributed by atoms with Gasteiger partial charge in [-0.2, -0.15) is 13.2 Å². The lowest BCUT2D eigenvalue weighted by Crippen LogP contribution is -2.09. The Labute approximate surface area is 101 Å². The number of hydrogen-bond acceptors (Lipinski definition) is 4. The summed E-state index contributed by atoms with van der Waals surface area (Å²) in [6.07, 6.45) is -2.23. The zero-order chi connectivity index (χ0) is 13.6. The van der Waals surface area contributed by atoms with E-state index in [2.05, 4.69) is 15.3 Å². The van der Waals surface area contributed by atoms with Crippen molar-refractivity contribution in [3.63, 3.8) is 0 Å². The van der Waals surface area contributed by atoms with Crippen molar-refractivity contribution in [3.8, 4) is 0 Å². The van der Waals surface area contributed by atoms with Crippen molar-refractivity contribution in [2.24, 2.45) is 0 Å². The van der Waals surface area contributed by atoms with Crippen LogP contribution in [0.15, 0.2) is 12.4 Å². The van der Waals surface area contributed by atoms with Gasteiger partial charge in [-0.15, -0.1) is 0 Å². The molecule has 18 heavy (non-hydrogen) atoms. The molecule has 100 valence electrons. The highest BCUT2D eigenvalue weighted by Gasteiger charge is 2.25. The van der Waals surface area contributed by atoms with E-state index in [0.717, 1.165) is 6.20 Å². The fraction of sp³-hybridized carbons (Fsp3) is 0.500. The molecule has 2 N–H and O–H groups in total. The van der Waals surface area contributed by atoms with Crippen molar-refractivity contribution >= 4 is 11.8 Å². The number of anilines is 1. The maximum absolute atomic E-state index is 11.8. The van der Waals surface area contributed by atoms with Crippen LogP contribution >= 0.6 is 0 Å². The van der Waals surface area contributed by atoms with Crippen LogP contribution in [0, 0.1) is 0 Å². The summed E-state index contributed by atoms with van der Waals surface area (Å²) in [7, 11) is 0. The van der Waals surface area contributed by atoms with Crippen molar-refractivity contribution in [1.29, 1.82) is 0 Å². The molecule has 0 aliphatic heterocycles. The first-order chi connectivity index (χ1) is 8.38. The lowest BCUT2D eigenvalue weighted by atomic mass is 10.2. The maximum Gasteiger partial charge on any atom is 0.389 e. The second-order valence-corrected chi connectivity index (χ2v) is 3.59. The van der Waals surface area contributed by atoms with Crippen molar-refractivity contribution in [2.45, 2.75) is 25.4 Å². The van der Waals surface area contributed by atoms with Gasteiger partial charge in [-0.1, -0.05) is 0 Å². The van der Waals surface area contributed by atoms with Gasteiger partial charge in [0.2, 0.25) is 0 Å². The first-order valence-electron chi connectivity index (χ1n) is 5.24. The molecule has 1 aromatic heterocycles. The molecule has 1 heterocycles. The van der Waals surface area contributed by atoms with Gasteiger partial charge < -0.3 is 10.4 Å². The molecule has 0 bridgehead atoms. The summed E-state index contributed by atoms with van der Waals surface area (Å²) in [5.74, 6) is -0.841. The number of aromatic carboxylic acids is 1. The highest BCUT2D eigenvalue weighted by Crippen LogP contribution is 2.21. The largest absolute Gasteiger partial charge is 0.476 e. The van der Waals surface area contributed by atoms with Gasteiger partial charge in [-0.3, -0.25) is 0 Å². The monoisotopic (exact) mass is 263 g/mol. The van der Waals surface area contributed by atoms with E-state index >= 15 is 0 Å². The van der Waals surface area contributed by atoms with Crippen LogP contribution in [-0.4, -0.2) is 33.8 Å². The van der Waals surface area contributed by atoms with Crippen LogP contribution in [0.2, 0.25) is 0 Å². The molecule has 0 aromatic carbocycles. The molecule has 0 amide bonds. The average Bonchev–Trinajstić information content (AvgIpc) is 2.27. The second kappa shape index (κ2) is 6.18. The van der Waals surface area contributed by atoms with E-state index in [9.17, 15) is 18.0 Å². The van der Waals surface area contributed by atoms with Gasteiger partial charge in [0.25, 0.3) is 0 Å². The Hall–Kier alpha value is -1.86. The maximum atomic E-state index is 11.8. The molecule has 0 fully saturated rings. The first kappa shape index (κ1) is 14.2. The Morgan fingerprint density at radius 1 is 1.28 bits per heavy atom. The van der Waals surface area contributed by atoms with Crippen LogP contribution < -0.4 is 5.32 Å². The van der Waals surface area contributed by atoms with Crippen molar-refractivity contribution in [2.75, 3.05) is 11.9 Å². The Balaban J connectivity index is 2.25. The summed E-state index contributed by atoms with van der Waals surface area (Å²) >= 11 is 0. The Kier molecular flexibility index (Phi) is 4.87. The second-order valence-electron chi connectivity index (χ2n) is 3.59. The summed E-state index contributed by atoms with van der Waals surface area (Å²) in [6, 6.07) is 0. The number of halogens is 3. The lowest BCUT2D eigenvalue weighted by molar-refractivity contribution is -0.135. The quantitative estimate of drug-likeness (QED) is 0.770. The third kappa shape index (κ3) is 5.46. The highest BCUT2D eigenvalue weighted by atomic mass is 19.4. The number of carboxylic acid groups (broad SMARTS) is 1. The summed E-state index contributed by atoms with van der Waals surface area (Å²) in [5.41, 5.74) is -0.183. The van der Waals surface area contributed by atoms with E-state index in [1.807, 2.05) is 0 Å². The predicted molar refractivity (Wildman–Crippen MR) is 57.4 cm³/mol. The molecule has 0 radical (unpaired) electrons. The topological polar surface area (TPSA) is 75.1 Å². The Morgan fingerprint density at radius 2 is 2.00 bits per heavy atom.